The molecule has 1 aliphatic heterocycles. The summed E-state index contributed by atoms with van der Waals surface area (Å²) in [5, 5.41) is 3.54. The lowest BCUT2D eigenvalue weighted by Crippen LogP contribution is -2.32. The second-order valence-electron chi connectivity index (χ2n) is 7.39. The highest BCUT2D eigenvalue weighted by Crippen LogP contribution is 2.36. The van der Waals surface area contributed by atoms with Gasteiger partial charge in [-0.05, 0) is 57.2 Å². The van der Waals surface area contributed by atoms with Crippen LogP contribution in [-0.2, 0) is 12.8 Å². The minimum atomic E-state index is 0.394. The number of rotatable bonds is 1. The Kier molecular flexibility index (Phi) is 5.34. The van der Waals surface area contributed by atoms with Crippen LogP contribution in [0.25, 0.3) is 11.3 Å². The van der Waals surface area contributed by atoms with Crippen molar-refractivity contribution in [2.24, 2.45) is 0 Å². The van der Waals surface area contributed by atoms with Crippen molar-refractivity contribution >= 4 is 11.8 Å². The zero-order valence-corrected chi connectivity index (χ0v) is 15.5. The fourth-order valence-corrected chi connectivity index (χ4v) is 4.20. The minimum Gasteiger partial charge on any atom is -0.368 e. The van der Waals surface area contributed by atoms with Gasteiger partial charge in [0.25, 0.3) is 0 Å². The number of nitrogens with zero attached hydrogens (tertiary/aromatic N) is 3. The summed E-state index contributed by atoms with van der Waals surface area (Å²) in [6, 6.07) is 8.62. The number of anilines is 2. The fourth-order valence-electron chi connectivity index (χ4n) is 4.20. The summed E-state index contributed by atoms with van der Waals surface area (Å²) in [6.45, 7) is 4.30. The van der Waals surface area contributed by atoms with E-state index in [0.717, 1.165) is 63.4 Å². The molecule has 138 valence electrons. The number of aromatic nitrogens is 2. The van der Waals surface area contributed by atoms with Gasteiger partial charge in [-0.15, -0.1) is 0 Å². The molecule has 2 aliphatic rings. The molecule has 0 spiro atoms. The number of nitrogens with two attached hydrogens (primary N) is 1. The maximum Gasteiger partial charge on any atom is 0.222 e. The highest BCUT2D eigenvalue weighted by molar-refractivity contribution is 5.74. The zero-order valence-electron chi connectivity index (χ0n) is 15.5. The van der Waals surface area contributed by atoms with Crippen LogP contribution in [0.3, 0.4) is 0 Å². The van der Waals surface area contributed by atoms with E-state index in [9.17, 15) is 0 Å². The lowest BCUT2D eigenvalue weighted by atomic mass is 10.0. The van der Waals surface area contributed by atoms with Crippen LogP contribution in [0.15, 0.2) is 24.3 Å². The summed E-state index contributed by atoms with van der Waals surface area (Å²) in [5.41, 5.74) is 11.1. The summed E-state index contributed by atoms with van der Waals surface area (Å²) in [6.07, 6.45) is 8.11. The van der Waals surface area contributed by atoms with Crippen molar-refractivity contribution in [3.05, 3.63) is 35.4 Å². The van der Waals surface area contributed by atoms with Gasteiger partial charge in [0.05, 0.1) is 5.69 Å². The second kappa shape index (κ2) is 8.04. The molecule has 1 fully saturated rings. The standard InChI is InChI=1S/C21H29N5/c22-21-24-19-17-10-3-2-8-16(17)9-6-11-18(19)20(25-21)26-14-5-1-4-12-23-13-7-15-26/h2-3,8,10,23H,1,4-7,9,11-15H2,(H2,22,24,25). The molecule has 5 heteroatoms. The van der Waals surface area contributed by atoms with Gasteiger partial charge in [-0.2, -0.15) is 4.98 Å². The molecule has 26 heavy (non-hydrogen) atoms. The molecule has 1 aromatic carbocycles. The van der Waals surface area contributed by atoms with Crippen LogP contribution in [0, 0.1) is 0 Å². The first-order valence-electron chi connectivity index (χ1n) is 10.0. The van der Waals surface area contributed by atoms with E-state index in [1.165, 1.54) is 36.0 Å². The van der Waals surface area contributed by atoms with Crippen molar-refractivity contribution in [2.75, 3.05) is 36.8 Å². The zero-order chi connectivity index (χ0) is 17.8. The highest BCUT2D eigenvalue weighted by atomic mass is 15.2. The average molecular weight is 351 g/mol. The molecule has 0 unspecified atom stereocenters. The Morgan fingerprint density at radius 3 is 2.69 bits per heavy atom. The largest absolute Gasteiger partial charge is 0.368 e. The molecule has 3 N–H and O–H groups in total. The van der Waals surface area contributed by atoms with Crippen LogP contribution >= 0.6 is 0 Å². The molecule has 2 heterocycles. The molecule has 0 bridgehead atoms. The molecular formula is C21H29N5. The van der Waals surface area contributed by atoms with E-state index in [4.69, 9.17) is 10.7 Å². The molecule has 2 aromatic rings. The Morgan fingerprint density at radius 2 is 1.73 bits per heavy atom. The van der Waals surface area contributed by atoms with Crippen LogP contribution in [0.1, 0.15) is 43.2 Å². The first-order chi connectivity index (χ1) is 12.8. The third-order valence-electron chi connectivity index (χ3n) is 5.51. The molecular weight excluding hydrogens is 322 g/mol. The number of hydrogen-bond acceptors (Lipinski definition) is 5. The molecule has 1 aliphatic carbocycles. The predicted molar refractivity (Wildman–Crippen MR) is 107 cm³/mol. The smallest absolute Gasteiger partial charge is 0.222 e. The molecule has 1 aromatic heterocycles. The number of hydrogen-bond donors (Lipinski definition) is 2. The van der Waals surface area contributed by atoms with E-state index >= 15 is 0 Å². The van der Waals surface area contributed by atoms with Gasteiger partial charge in [0.15, 0.2) is 0 Å². The third-order valence-corrected chi connectivity index (χ3v) is 5.51. The lowest BCUT2D eigenvalue weighted by Gasteiger charge is -2.28. The van der Waals surface area contributed by atoms with Gasteiger partial charge in [-0.3, -0.25) is 0 Å². The third kappa shape index (κ3) is 3.68. The Hall–Kier alpha value is -2.14. The van der Waals surface area contributed by atoms with Crippen molar-refractivity contribution in [3.8, 4) is 11.3 Å². The van der Waals surface area contributed by atoms with Crippen LogP contribution in [-0.4, -0.2) is 36.1 Å². The number of nitrogens with one attached hydrogen (secondary N) is 1. The van der Waals surface area contributed by atoms with E-state index in [-0.39, 0.29) is 0 Å². The number of aryl methyl sites for hydroxylation is 1. The summed E-state index contributed by atoms with van der Waals surface area (Å²) < 4.78 is 0. The van der Waals surface area contributed by atoms with Gasteiger partial charge in [0.1, 0.15) is 5.82 Å². The topological polar surface area (TPSA) is 67.1 Å². The summed E-state index contributed by atoms with van der Waals surface area (Å²) in [4.78, 5) is 11.9. The van der Waals surface area contributed by atoms with Gasteiger partial charge in [-0.25, -0.2) is 4.98 Å². The van der Waals surface area contributed by atoms with E-state index < -0.39 is 0 Å². The van der Waals surface area contributed by atoms with Crippen LogP contribution in [0.5, 0.6) is 0 Å². The Balaban J connectivity index is 1.74. The molecule has 0 atom stereocenters. The van der Waals surface area contributed by atoms with Crippen LogP contribution in [0.2, 0.25) is 0 Å². The normalized spacial score (nSPS) is 18.5. The quantitative estimate of drug-likeness (QED) is 0.826. The van der Waals surface area contributed by atoms with Gasteiger partial charge in [0, 0.05) is 24.2 Å². The van der Waals surface area contributed by atoms with Gasteiger partial charge in [0.2, 0.25) is 5.95 Å². The molecule has 0 amide bonds. The summed E-state index contributed by atoms with van der Waals surface area (Å²) in [7, 11) is 0. The Labute approximate surface area is 156 Å². The molecule has 0 saturated carbocycles. The number of fused-ring (bicyclic) bond motifs is 3. The van der Waals surface area contributed by atoms with Crippen molar-refractivity contribution in [2.45, 2.75) is 44.9 Å². The molecule has 5 nitrogen and oxygen atoms in total. The second-order valence-corrected chi connectivity index (χ2v) is 7.39. The van der Waals surface area contributed by atoms with Crippen molar-refractivity contribution in [1.82, 2.24) is 15.3 Å². The van der Waals surface area contributed by atoms with E-state index in [1.54, 1.807) is 0 Å². The Bertz CT molecular complexity index is 748. The first kappa shape index (κ1) is 17.3. The van der Waals surface area contributed by atoms with Crippen molar-refractivity contribution in [1.29, 1.82) is 0 Å². The first-order valence-corrected chi connectivity index (χ1v) is 10.0. The molecule has 0 radical (unpaired) electrons. The van der Waals surface area contributed by atoms with Crippen molar-refractivity contribution < 1.29 is 0 Å². The van der Waals surface area contributed by atoms with E-state index in [0.29, 0.717) is 5.95 Å². The summed E-state index contributed by atoms with van der Waals surface area (Å²) in [5.74, 6) is 1.47. The number of benzene rings is 1. The number of nitrogen functional groups attached to an aromatic ring is 1. The van der Waals surface area contributed by atoms with Crippen molar-refractivity contribution in [3.63, 3.8) is 0 Å². The predicted octanol–water partition coefficient (Wildman–Crippen LogP) is 3.18. The van der Waals surface area contributed by atoms with Gasteiger partial charge >= 0.3 is 0 Å². The average Bonchev–Trinajstić information content (AvgIpc) is 2.85. The van der Waals surface area contributed by atoms with Crippen LogP contribution in [0.4, 0.5) is 11.8 Å². The van der Waals surface area contributed by atoms with Gasteiger partial charge < -0.3 is 16.0 Å². The maximum atomic E-state index is 6.16. The van der Waals surface area contributed by atoms with E-state index in [1.807, 2.05) is 0 Å². The van der Waals surface area contributed by atoms with E-state index in [2.05, 4.69) is 39.5 Å². The minimum absolute atomic E-state index is 0.394. The molecule has 1 saturated heterocycles. The monoisotopic (exact) mass is 351 g/mol. The van der Waals surface area contributed by atoms with Gasteiger partial charge in [-0.1, -0.05) is 30.7 Å². The van der Waals surface area contributed by atoms with Crippen LogP contribution < -0.4 is 16.0 Å². The molecule has 4 rings (SSSR count). The maximum absolute atomic E-state index is 6.16. The lowest BCUT2D eigenvalue weighted by molar-refractivity contribution is 0.550. The SMILES string of the molecule is Nc1nc2c(c(N3CCCCCNCCC3)n1)CCCc1ccccc1-2. The fraction of sp³-hybridized carbons (Fsp3) is 0.524. The Morgan fingerprint density at radius 1 is 0.885 bits per heavy atom. The highest BCUT2D eigenvalue weighted by Gasteiger charge is 2.23. The summed E-state index contributed by atoms with van der Waals surface area (Å²) >= 11 is 0.